The maximum atomic E-state index is 12.0. The number of oxazole rings is 1. The normalized spacial score (nSPS) is 13.2. The SMILES string of the molecule is CNC(=O)c1ccc(Nc2nc(NC3CC3)c3c(-c4ccc5nc(C)oc5c4)c[nH]c3n2)c(OC)c1. The fourth-order valence-corrected chi connectivity index (χ4v) is 4.25. The first-order chi connectivity index (χ1) is 17.5. The minimum Gasteiger partial charge on any atom is -0.495 e. The van der Waals surface area contributed by atoms with Crippen molar-refractivity contribution in [2.24, 2.45) is 0 Å². The van der Waals surface area contributed by atoms with E-state index in [0.717, 1.165) is 46.3 Å². The molecule has 2 aromatic carbocycles. The number of aromatic amines is 1. The Labute approximate surface area is 206 Å². The Hall–Kier alpha value is -4.60. The predicted octanol–water partition coefficient (Wildman–Crippen LogP) is 4.76. The number of rotatable bonds is 7. The van der Waals surface area contributed by atoms with E-state index in [2.05, 4.69) is 25.9 Å². The van der Waals surface area contributed by atoms with Gasteiger partial charge < -0.3 is 30.1 Å². The molecule has 1 amide bonds. The van der Waals surface area contributed by atoms with Crippen LogP contribution < -0.4 is 20.7 Å². The highest BCUT2D eigenvalue weighted by Crippen LogP contribution is 2.37. The number of H-pyrrole nitrogens is 1. The molecule has 10 nitrogen and oxygen atoms in total. The molecule has 0 bridgehead atoms. The number of amides is 1. The first-order valence-electron chi connectivity index (χ1n) is 11.7. The van der Waals surface area contributed by atoms with E-state index in [0.29, 0.717) is 40.5 Å². The molecule has 1 aliphatic rings. The number of hydrogen-bond donors (Lipinski definition) is 4. The third-order valence-electron chi connectivity index (χ3n) is 6.19. The summed E-state index contributed by atoms with van der Waals surface area (Å²) >= 11 is 0. The maximum absolute atomic E-state index is 12.0. The smallest absolute Gasteiger partial charge is 0.251 e. The van der Waals surface area contributed by atoms with Gasteiger partial charge in [-0.3, -0.25) is 4.79 Å². The number of carbonyl (C=O) groups is 1. The molecular formula is C26H25N7O3. The van der Waals surface area contributed by atoms with Gasteiger partial charge in [-0.05, 0) is 48.7 Å². The first-order valence-corrected chi connectivity index (χ1v) is 11.7. The lowest BCUT2D eigenvalue weighted by molar-refractivity contribution is 0.0963. The average Bonchev–Trinajstić information content (AvgIpc) is 3.46. The van der Waals surface area contributed by atoms with Crippen LogP contribution in [0.25, 0.3) is 33.3 Å². The second-order valence-electron chi connectivity index (χ2n) is 8.77. The third-order valence-corrected chi connectivity index (χ3v) is 6.19. The Kier molecular flexibility index (Phi) is 5.21. The monoisotopic (exact) mass is 483 g/mol. The summed E-state index contributed by atoms with van der Waals surface area (Å²) in [5.74, 6) is 2.11. The Bertz CT molecular complexity index is 1620. The molecule has 4 N–H and O–H groups in total. The van der Waals surface area contributed by atoms with Crippen LogP contribution in [0.1, 0.15) is 29.1 Å². The van der Waals surface area contributed by atoms with E-state index in [4.69, 9.17) is 19.1 Å². The molecule has 0 radical (unpaired) electrons. The fourth-order valence-electron chi connectivity index (χ4n) is 4.25. The van der Waals surface area contributed by atoms with Gasteiger partial charge in [-0.25, -0.2) is 4.98 Å². The molecule has 10 heteroatoms. The zero-order valence-corrected chi connectivity index (χ0v) is 20.1. The summed E-state index contributed by atoms with van der Waals surface area (Å²) in [6, 6.07) is 11.5. The molecule has 6 rings (SSSR count). The van der Waals surface area contributed by atoms with Crippen molar-refractivity contribution in [1.29, 1.82) is 0 Å². The molecule has 3 aromatic heterocycles. The van der Waals surface area contributed by atoms with Crippen LogP contribution in [0.5, 0.6) is 5.75 Å². The number of nitrogens with one attached hydrogen (secondary N) is 4. The van der Waals surface area contributed by atoms with Crippen LogP contribution in [0.2, 0.25) is 0 Å². The van der Waals surface area contributed by atoms with E-state index >= 15 is 0 Å². The number of carbonyl (C=O) groups excluding carboxylic acids is 1. The van der Waals surface area contributed by atoms with Crippen LogP contribution in [0.15, 0.2) is 47.0 Å². The molecule has 0 saturated heterocycles. The van der Waals surface area contributed by atoms with Crippen molar-refractivity contribution in [2.45, 2.75) is 25.8 Å². The largest absolute Gasteiger partial charge is 0.495 e. The highest BCUT2D eigenvalue weighted by molar-refractivity contribution is 6.03. The van der Waals surface area contributed by atoms with Gasteiger partial charge in [0.05, 0.1) is 18.2 Å². The van der Waals surface area contributed by atoms with Crippen molar-refractivity contribution >= 4 is 45.5 Å². The molecular weight excluding hydrogens is 458 g/mol. The van der Waals surface area contributed by atoms with Crippen LogP contribution in [0.3, 0.4) is 0 Å². The molecule has 1 aliphatic carbocycles. The number of methoxy groups -OCH3 is 1. The summed E-state index contributed by atoms with van der Waals surface area (Å²) in [6.45, 7) is 1.84. The molecule has 182 valence electrons. The van der Waals surface area contributed by atoms with Crippen LogP contribution in [0.4, 0.5) is 17.5 Å². The Morgan fingerprint density at radius 3 is 2.78 bits per heavy atom. The lowest BCUT2D eigenvalue weighted by Gasteiger charge is -2.13. The van der Waals surface area contributed by atoms with Gasteiger partial charge in [-0.15, -0.1) is 0 Å². The number of nitrogens with zero attached hydrogens (tertiary/aromatic N) is 3. The van der Waals surface area contributed by atoms with Crippen molar-refractivity contribution in [3.63, 3.8) is 0 Å². The Balaban J connectivity index is 1.41. The van der Waals surface area contributed by atoms with E-state index in [9.17, 15) is 4.79 Å². The fraction of sp³-hybridized carbons (Fsp3) is 0.231. The van der Waals surface area contributed by atoms with E-state index < -0.39 is 0 Å². The number of ether oxygens (including phenoxy) is 1. The van der Waals surface area contributed by atoms with Crippen LogP contribution in [-0.4, -0.2) is 46.0 Å². The summed E-state index contributed by atoms with van der Waals surface area (Å²) in [5.41, 5.74) is 5.37. The standard InChI is InChI=1S/C26H25N7O3/c1-13-29-19-8-4-14(10-21(19)36-13)17-12-28-23-22(17)24(30-16-6-7-16)33-26(32-23)31-18-9-5-15(25(34)27-2)11-20(18)35-3/h4-5,8-12,16H,6-7H2,1-3H3,(H,27,34)(H3,28,30,31,32,33). The van der Waals surface area contributed by atoms with E-state index in [1.165, 1.54) is 0 Å². The van der Waals surface area contributed by atoms with E-state index in [1.54, 1.807) is 32.4 Å². The number of hydrogen-bond acceptors (Lipinski definition) is 8. The molecule has 36 heavy (non-hydrogen) atoms. The molecule has 3 heterocycles. The molecule has 5 aromatic rings. The number of aromatic nitrogens is 4. The van der Waals surface area contributed by atoms with Gasteiger partial charge in [0.1, 0.15) is 22.7 Å². The average molecular weight is 484 g/mol. The number of benzene rings is 2. The van der Waals surface area contributed by atoms with Crippen molar-refractivity contribution in [1.82, 2.24) is 25.3 Å². The van der Waals surface area contributed by atoms with Crippen molar-refractivity contribution in [2.75, 3.05) is 24.8 Å². The molecule has 0 unspecified atom stereocenters. The van der Waals surface area contributed by atoms with Gasteiger partial charge in [0, 0.05) is 37.3 Å². The van der Waals surface area contributed by atoms with Gasteiger partial charge in [0.2, 0.25) is 5.95 Å². The molecule has 1 fully saturated rings. The lowest BCUT2D eigenvalue weighted by Crippen LogP contribution is -2.17. The topological polar surface area (TPSA) is 130 Å². The minimum atomic E-state index is -0.189. The first kappa shape index (κ1) is 21.9. The van der Waals surface area contributed by atoms with Gasteiger partial charge >= 0.3 is 0 Å². The summed E-state index contributed by atoms with van der Waals surface area (Å²) in [6.07, 6.45) is 4.14. The Morgan fingerprint density at radius 2 is 2.00 bits per heavy atom. The van der Waals surface area contributed by atoms with Crippen molar-refractivity contribution < 1.29 is 13.9 Å². The zero-order chi connectivity index (χ0) is 24.8. The van der Waals surface area contributed by atoms with Gasteiger partial charge in [0.25, 0.3) is 5.91 Å². The van der Waals surface area contributed by atoms with Crippen LogP contribution >= 0.6 is 0 Å². The Morgan fingerprint density at radius 1 is 1.14 bits per heavy atom. The van der Waals surface area contributed by atoms with Gasteiger partial charge in [-0.1, -0.05) is 6.07 Å². The predicted molar refractivity (Wildman–Crippen MR) is 138 cm³/mol. The van der Waals surface area contributed by atoms with E-state index in [-0.39, 0.29) is 5.91 Å². The lowest BCUT2D eigenvalue weighted by atomic mass is 10.1. The van der Waals surface area contributed by atoms with Crippen LogP contribution in [-0.2, 0) is 0 Å². The number of aryl methyl sites for hydroxylation is 1. The molecule has 0 aliphatic heterocycles. The van der Waals surface area contributed by atoms with Gasteiger partial charge in [-0.2, -0.15) is 9.97 Å². The summed E-state index contributed by atoms with van der Waals surface area (Å²) < 4.78 is 11.3. The second-order valence-corrected chi connectivity index (χ2v) is 8.77. The highest BCUT2D eigenvalue weighted by atomic mass is 16.5. The number of anilines is 3. The van der Waals surface area contributed by atoms with Crippen LogP contribution in [0, 0.1) is 6.92 Å². The summed E-state index contributed by atoms with van der Waals surface area (Å²) in [7, 11) is 3.15. The van der Waals surface area contributed by atoms with E-state index in [1.807, 2.05) is 31.3 Å². The quantitative estimate of drug-likeness (QED) is 0.261. The van der Waals surface area contributed by atoms with Gasteiger partial charge in [0.15, 0.2) is 11.5 Å². The molecule has 0 spiro atoms. The van der Waals surface area contributed by atoms with Crippen molar-refractivity contribution in [3.8, 4) is 16.9 Å². The number of fused-ring (bicyclic) bond motifs is 2. The maximum Gasteiger partial charge on any atom is 0.251 e. The summed E-state index contributed by atoms with van der Waals surface area (Å²) in [4.78, 5) is 29.3. The highest BCUT2D eigenvalue weighted by Gasteiger charge is 2.25. The van der Waals surface area contributed by atoms with Crippen molar-refractivity contribution in [3.05, 3.63) is 54.0 Å². The zero-order valence-electron chi connectivity index (χ0n) is 20.1. The molecule has 1 saturated carbocycles. The minimum absolute atomic E-state index is 0.189. The molecule has 0 atom stereocenters. The summed E-state index contributed by atoms with van der Waals surface area (Å²) in [5, 5.41) is 10.3. The third kappa shape index (κ3) is 3.96. The second kappa shape index (κ2) is 8.56.